The third-order valence-corrected chi connectivity index (χ3v) is 6.54. The zero-order valence-corrected chi connectivity index (χ0v) is 21.5. The van der Waals surface area contributed by atoms with Crippen molar-refractivity contribution < 1.29 is 23.9 Å². The molecule has 1 heterocycles. The van der Waals surface area contributed by atoms with E-state index in [4.69, 9.17) is 38.4 Å². The second-order valence-corrected chi connectivity index (χ2v) is 9.18. The van der Waals surface area contributed by atoms with Crippen LogP contribution in [0.25, 0.3) is 0 Å². The average molecular weight is 542 g/mol. The zero-order valence-electron chi connectivity index (χ0n) is 20.0. The van der Waals surface area contributed by atoms with E-state index in [2.05, 4.69) is 5.32 Å². The molecule has 3 N–H and O–H groups in total. The lowest BCUT2D eigenvalue weighted by atomic mass is 10.0. The van der Waals surface area contributed by atoms with E-state index in [-0.39, 0.29) is 12.5 Å². The minimum atomic E-state index is -0.570. The summed E-state index contributed by atoms with van der Waals surface area (Å²) in [7, 11) is 1.45. The summed E-state index contributed by atoms with van der Waals surface area (Å²) in [5, 5.41) is 3.56. The van der Waals surface area contributed by atoms with Crippen LogP contribution in [0.3, 0.4) is 0 Å². The topological polar surface area (TPSA) is 111 Å². The lowest BCUT2D eigenvalue weighted by Crippen LogP contribution is -2.31. The molecule has 0 saturated heterocycles. The number of nitrogens with one attached hydrogen (secondary N) is 1. The van der Waals surface area contributed by atoms with Crippen molar-refractivity contribution in [3.63, 3.8) is 0 Å². The van der Waals surface area contributed by atoms with Gasteiger partial charge in [0.05, 0.1) is 35.6 Å². The van der Waals surface area contributed by atoms with Gasteiger partial charge in [0.1, 0.15) is 11.9 Å². The van der Waals surface area contributed by atoms with Gasteiger partial charge in [0.15, 0.2) is 0 Å². The Morgan fingerprint density at radius 2 is 1.86 bits per heavy atom. The van der Waals surface area contributed by atoms with Crippen LogP contribution < -0.4 is 20.7 Å². The fourth-order valence-corrected chi connectivity index (χ4v) is 4.60. The number of carbonyl (C=O) groups excluding carboxylic acids is 3. The minimum absolute atomic E-state index is 0.242. The van der Waals surface area contributed by atoms with Gasteiger partial charge < -0.3 is 25.4 Å². The van der Waals surface area contributed by atoms with Gasteiger partial charge in [-0.3, -0.25) is 14.4 Å². The highest BCUT2D eigenvalue weighted by Crippen LogP contribution is 2.38. The number of anilines is 2. The number of ether oxygens (including phenoxy) is 2. The molecule has 10 heteroatoms. The molecule has 0 aromatic heterocycles. The monoisotopic (exact) mass is 541 g/mol. The maximum absolute atomic E-state index is 13.7. The first-order valence-electron chi connectivity index (χ1n) is 11.6. The van der Waals surface area contributed by atoms with Gasteiger partial charge in [-0.05, 0) is 61.4 Å². The van der Waals surface area contributed by atoms with Crippen LogP contribution >= 0.6 is 23.2 Å². The van der Waals surface area contributed by atoms with Gasteiger partial charge >= 0.3 is 5.97 Å². The fourth-order valence-electron chi connectivity index (χ4n) is 4.20. The first-order chi connectivity index (χ1) is 17.8. The lowest BCUT2D eigenvalue weighted by molar-refractivity contribution is -0.148. The second-order valence-electron chi connectivity index (χ2n) is 8.33. The van der Waals surface area contributed by atoms with Gasteiger partial charge in [-0.2, -0.15) is 0 Å². The number of fused-ring (bicyclic) bond motifs is 1. The van der Waals surface area contributed by atoms with Crippen LogP contribution in [0.5, 0.6) is 5.75 Å². The first-order valence-corrected chi connectivity index (χ1v) is 12.3. The number of rotatable bonds is 6. The van der Waals surface area contributed by atoms with E-state index in [9.17, 15) is 14.4 Å². The average Bonchev–Trinajstić information content (AvgIpc) is 3.07. The molecule has 3 aromatic rings. The molecule has 0 fully saturated rings. The van der Waals surface area contributed by atoms with E-state index in [1.165, 1.54) is 7.11 Å². The van der Waals surface area contributed by atoms with Gasteiger partial charge in [0.25, 0.3) is 11.8 Å². The molecule has 1 aliphatic rings. The highest BCUT2D eigenvalue weighted by molar-refractivity contribution is 6.34. The highest BCUT2D eigenvalue weighted by atomic mass is 35.5. The van der Waals surface area contributed by atoms with E-state index in [0.29, 0.717) is 63.2 Å². The summed E-state index contributed by atoms with van der Waals surface area (Å²) >= 11 is 12.4. The Labute approximate surface area is 224 Å². The number of methoxy groups -OCH3 is 1. The normalized spacial score (nSPS) is 14.8. The number of hydrogen-bond donors (Lipinski definition) is 2. The van der Waals surface area contributed by atoms with E-state index in [0.717, 1.165) is 0 Å². The number of carbonyl (C=O) groups is 3. The largest absolute Gasteiger partial charge is 0.495 e. The van der Waals surface area contributed by atoms with Gasteiger partial charge in [-0.15, -0.1) is 0 Å². The minimum Gasteiger partial charge on any atom is -0.495 e. The molecule has 4 rings (SSSR count). The molecular formula is C27H25Cl2N3O5. The Morgan fingerprint density at radius 3 is 2.59 bits per heavy atom. The van der Waals surface area contributed by atoms with Gasteiger partial charge in [0.2, 0.25) is 0 Å². The molecule has 0 bridgehead atoms. The maximum atomic E-state index is 13.7. The third kappa shape index (κ3) is 5.88. The fraction of sp³-hybridized carbons (Fsp3) is 0.222. The smallest absolute Gasteiger partial charge is 0.320 e. The number of benzene rings is 3. The summed E-state index contributed by atoms with van der Waals surface area (Å²) in [6.07, 6.45) is 0.530. The van der Waals surface area contributed by atoms with Crippen molar-refractivity contribution in [2.45, 2.75) is 18.9 Å². The number of nitrogens with two attached hydrogens (primary N) is 1. The van der Waals surface area contributed by atoms with Crippen LogP contribution in [0.1, 0.15) is 45.2 Å². The number of esters is 1. The summed E-state index contributed by atoms with van der Waals surface area (Å²) < 4.78 is 11.0. The van der Waals surface area contributed by atoms with Crippen molar-refractivity contribution in [2.24, 2.45) is 5.73 Å². The lowest BCUT2D eigenvalue weighted by Gasteiger charge is -2.25. The Morgan fingerprint density at radius 1 is 1.08 bits per heavy atom. The first kappa shape index (κ1) is 26.5. The standard InChI is InChI=1S/C27H25Cl2N3O5/c1-36-24-13-16(8-10-21(24)31-26(34)18-5-2-3-6-20(18)29)27(35)32-12-4-7-23(37-25(33)15-30)19-14-17(28)9-11-22(19)32/h2-3,5-6,8-11,13-14,23H,4,7,12,15,30H2,1H3,(H,31,34). The van der Waals surface area contributed by atoms with Gasteiger partial charge in [0, 0.05) is 22.7 Å². The van der Waals surface area contributed by atoms with Crippen molar-refractivity contribution in [3.05, 3.63) is 87.4 Å². The van der Waals surface area contributed by atoms with Crippen LogP contribution in [0, 0.1) is 0 Å². The van der Waals surface area contributed by atoms with Crippen LogP contribution in [0.4, 0.5) is 11.4 Å². The predicted molar refractivity (Wildman–Crippen MR) is 143 cm³/mol. The summed E-state index contributed by atoms with van der Waals surface area (Å²) in [6, 6.07) is 16.6. The van der Waals surface area contributed by atoms with Crippen LogP contribution in [-0.2, 0) is 9.53 Å². The molecule has 0 radical (unpaired) electrons. The Bertz CT molecular complexity index is 1350. The Hall–Kier alpha value is -3.59. The van der Waals surface area contributed by atoms with E-state index < -0.39 is 18.0 Å². The Balaban J connectivity index is 1.63. The van der Waals surface area contributed by atoms with Crippen molar-refractivity contribution in [1.82, 2.24) is 0 Å². The van der Waals surface area contributed by atoms with E-state index in [1.54, 1.807) is 65.6 Å². The van der Waals surface area contributed by atoms with Crippen LogP contribution in [0.2, 0.25) is 10.0 Å². The SMILES string of the molecule is COc1cc(C(=O)N2CCCC(OC(=O)CN)c3cc(Cl)ccc32)ccc1NC(=O)c1ccccc1Cl. The third-order valence-electron chi connectivity index (χ3n) is 5.98. The van der Waals surface area contributed by atoms with Crippen molar-refractivity contribution >= 4 is 52.4 Å². The van der Waals surface area contributed by atoms with Gasteiger partial charge in [-0.25, -0.2) is 0 Å². The summed E-state index contributed by atoms with van der Waals surface area (Å²) in [6.45, 7) is 0.158. The molecule has 1 aliphatic heterocycles. The highest BCUT2D eigenvalue weighted by Gasteiger charge is 2.30. The Kier molecular flexibility index (Phi) is 8.33. The molecule has 0 spiro atoms. The van der Waals surface area contributed by atoms with Crippen molar-refractivity contribution in [2.75, 3.05) is 30.4 Å². The van der Waals surface area contributed by atoms with Crippen LogP contribution in [0.15, 0.2) is 60.7 Å². The molecule has 2 amide bonds. The number of amides is 2. The summed E-state index contributed by atoms with van der Waals surface area (Å²) in [4.78, 5) is 39.9. The molecule has 192 valence electrons. The number of hydrogen-bond acceptors (Lipinski definition) is 6. The van der Waals surface area contributed by atoms with E-state index in [1.807, 2.05) is 0 Å². The van der Waals surface area contributed by atoms with E-state index >= 15 is 0 Å². The molecular weight excluding hydrogens is 517 g/mol. The summed E-state index contributed by atoms with van der Waals surface area (Å²) in [5.41, 5.74) is 7.72. The molecule has 0 saturated carbocycles. The van der Waals surface area contributed by atoms with Crippen molar-refractivity contribution in [1.29, 1.82) is 0 Å². The molecule has 1 unspecified atom stereocenters. The molecule has 0 aliphatic carbocycles. The molecule has 37 heavy (non-hydrogen) atoms. The summed E-state index contributed by atoms with van der Waals surface area (Å²) in [5.74, 6) is -0.905. The molecule has 1 atom stereocenters. The van der Waals surface area contributed by atoms with Crippen LogP contribution in [-0.4, -0.2) is 38.0 Å². The predicted octanol–water partition coefficient (Wildman–Crippen LogP) is 5.24. The number of halogens is 2. The number of nitrogens with zero attached hydrogens (tertiary/aromatic N) is 1. The quantitative estimate of drug-likeness (QED) is 0.413. The zero-order chi connectivity index (χ0) is 26.5. The van der Waals surface area contributed by atoms with Gasteiger partial charge in [-0.1, -0.05) is 35.3 Å². The molecule has 3 aromatic carbocycles. The maximum Gasteiger partial charge on any atom is 0.320 e. The second kappa shape index (κ2) is 11.6. The molecule has 8 nitrogen and oxygen atoms in total. The van der Waals surface area contributed by atoms with Crippen molar-refractivity contribution in [3.8, 4) is 5.75 Å².